The van der Waals surface area contributed by atoms with Crippen molar-refractivity contribution in [2.24, 2.45) is 5.73 Å². The van der Waals surface area contributed by atoms with Crippen LogP contribution in [0.15, 0.2) is 60.7 Å². The van der Waals surface area contributed by atoms with Crippen molar-refractivity contribution in [2.75, 3.05) is 6.54 Å². The molecule has 24 heavy (non-hydrogen) atoms. The monoisotopic (exact) mass is 324 g/mol. The second-order valence-corrected chi connectivity index (χ2v) is 5.41. The maximum Gasteiger partial charge on any atom is 0.248 e. The highest BCUT2D eigenvalue weighted by Gasteiger charge is 2.06. The van der Waals surface area contributed by atoms with Crippen molar-refractivity contribution in [3.05, 3.63) is 77.4 Å². The summed E-state index contributed by atoms with van der Waals surface area (Å²) in [7, 11) is 0. The molecular weight excluding hydrogens is 304 g/mol. The first-order chi connectivity index (χ1) is 11.5. The summed E-state index contributed by atoms with van der Waals surface area (Å²) in [5, 5.41) is 12.6. The molecule has 2 aromatic carbocycles. The Morgan fingerprint density at radius 3 is 2.38 bits per heavy atom. The number of amides is 2. The molecule has 1 atom stereocenters. The maximum absolute atomic E-state index is 11.8. The minimum Gasteiger partial charge on any atom is -0.391 e. The molecule has 0 spiro atoms. The number of carbonyl (C=O) groups is 2. The number of hydrogen-bond donors (Lipinski definition) is 3. The number of carbonyl (C=O) groups excluding carboxylic acids is 2. The molecule has 5 nitrogen and oxygen atoms in total. The number of nitrogens with one attached hydrogen (secondary N) is 1. The smallest absolute Gasteiger partial charge is 0.248 e. The molecule has 124 valence electrons. The van der Waals surface area contributed by atoms with E-state index in [1.165, 1.54) is 6.08 Å². The topological polar surface area (TPSA) is 92.4 Å². The van der Waals surface area contributed by atoms with Crippen LogP contribution in [-0.2, 0) is 11.2 Å². The van der Waals surface area contributed by atoms with Crippen LogP contribution in [0.25, 0.3) is 6.08 Å². The van der Waals surface area contributed by atoms with Gasteiger partial charge in [0.1, 0.15) is 0 Å². The molecule has 0 radical (unpaired) electrons. The molecule has 1 unspecified atom stereocenters. The molecule has 0 bridgehead atoms. The van der Waals surface area contributed by atoms with Crippen molar-refractivity contribution in [1.29, 1.82) is 0 Å². The minimum atomic E-state index is -0.639. The van der Waals surface area contributed by atoms with E-state index in [4.69, 9.17) is 5.73 Å². The average Bonchev–Trinajstić information content (AvgIpc) is 2.59. The lowest BCUT2D eigenvalue weighted by Gasteiger charge is -2.10. The number of primary amides is 1. The van der Waals surface area contributed by atoms with E-state index in [0.717, 1.165) is 11.1 Å². The molecule has 0 aromatic heterocycles. The number of benzene rings is 2. The summed E-state index contributed by atoms with van der Waals surface area (Å²) in [5.41, 5.74) is 7.38. The molecule has 0 saturated carbocycles. The Morgan fingerprint density at radius 1 is 1.08 bits per heavy atom. The summed E-state index contributed by atoms with van der Waals surface area (Å²) in [6.45, 7) is 0.179. The Balaban J connectivity index is 1.79. The largest absolute Gasteiger partial charge is 0.391 e. The predicted molar refractivity (Wildman–Crippen MR) is 93.2 cm³/mol. The second-order valence-electron chi connectivity index (χ2n) is 5.41. The molecule has 2 aromatic rings. The lowest BCUT2D eigenvalue weighted by molar-refractivity contribution is -0.116. The highest BCUT2D eigenvalue weighted by atomic mass is 16.3. The zero-order chi connectivity index (χ0) is 17.4. The molecule has 5 heteroatoms. The molecule has 2 amide bonds. The lowest BCUT2D eigenvalue weighted by Crippen LogP contribution is -2.32. The third-order valence-electron chi connectivity index (χ3n) is 3.45. The van der Waals surface area contributed by atoms with Gasteiger partial charge in [0.05, 0.1) is 6.10 Å². The fourth-order valence-corrected chi connectivity index (χ4v) is 2.17. The van der Waals surface area contributed by atoms with Crippen molar-refractivity contribution in [1.82, 2.24) is 5.32 Å². The van der Waals surface area contributed by atoms with Crippen LogP contribution in [0.1, 0.15) is 21.5 Å². The molecule has 0 aliphatic rings. The van der Waals surface area contributed by atoms with Crippen LogP contribution in [0, 0.1) is 0 Å². The fourth-order valence-electron chi connectivity index (χ4n) is 2.17. The van der Waals surface area contributed by atoms with Crippen molar-refractivity contribution >= 4 is 17.9 Å². The van der Waals surface area contributed by atoms with Crippen LogP contribution in [-0.4, -0.2) is 29.6 Å². The molecular formula is C19H20N2O3. The number of hydrogen-bond acceptors (Lipinski definition) is 3. The summed E-state index contributed by atoms with van der Waals surface area (Å²) in [5.74, 6) is -0.781. The van der Waals surface area contributed by atoms with Gasteiger partial charge in [-0.2, -0.15) is 0 Å². The van der Waals surface area contributed by atoms with E-state index in [1.807, 2.05) is 30.3 Å². The first-order valence-electron chi connectivity index (χ1n) is 7.62. The molecule has 2 rings (SSSR count). The minimum absolute atomic E-state index is 0.179. The summed E-state index contributed by atoms with van der Waals surface area (Å²) in [6, 6.07) is 16.2. The molecule has 0 fully saturated rings. The van der Waals surface area contributed by atoms with Crippen LogP contribution >= 0.6 is 0 Å². The van der Waals surface area contributed by atoms with Crippen molar-refractivity contribution < 1.29 is 14.7 Å². The SMILES string of the molecule is NC(=O)c1ccc(/C=C/C(=O)NCC(O)Cc2ccccc2)cc1. The van der Waals surface area contributed by atoms with Gasteiger partial charge in [-0.1, -0.05) is 42.5 Å². The van der Waals surface area contributed by atoms with Gasteiger partial charge in [0.2, 0.25) is 11.8 Å². The van der Waals surface area contributed by atoms with E-state index in [9.17, 15) is 14.7 Å². The quantitative estimate of drug-likeness (QED) is 0.674. The molecule has 0 heterocycles. The first kappa shape index (κ1) is 17.4. The van der Waals surface area contributed by atoms with E-state index in [2.05, 4.69) is 5.32 Å². The number of nitrogens with two attached hydrogens (primary N) is 1. The first-order valence-corrected chi connectivity index (χ1v) is 7.62. The van der Waals surface area contributed by atoms with Crippen LogP contribution in [0.5, 0.6) is 0 Å². The van der Waals surface area contributed by atoms with E-state index in [-0.39, 0.29) is 12.5 Å². The Labute approximate surface area is 140 Å². The zero-order valence-electron chi connectivity index (χ0n) is 13.2. The van der Waals surface area contributed by atoms with E-state index >= 15 is 0 Å². The number of aliphatic hydroxyl groups is 1. The fraction of sp³-hybridized carbons (Fsp3) is 0.158. The Morgan fingerprint density at radius 2 is 1.75 bits per heavy atom. The van der Waals surface area contributed by atoms with Gasteiger partial charge in [0.25, 0.3) is 0 Å². The van der Waals surface area contributed by atoms with Crippen molar-refractivity contribution in [3.63, 3.8) is 0 Å². The molecule has 0 saturated heterocycles. The molecule has 4 N–H and O–H groups in total. The van der Waals surface area contributed by atoms with Crippen LogP contribution in [0.2, 0.25) is 0 Å². The van der Waals surface area contributed by atoms with Gasteiger partial charge in [-0.25, -0.2) is 0 Å². The standard InChI is InChI=1S/C19H20N2O3/c20-19(24)16-9-6-14(7-10-16)8-11-18(23)21-13-17(22)12-15-4-2-1-3-5-15/h1-11,17,22H,12-13H2,(H2,20,24)(H,21,23)/b11-8+. The van der Waals surface area contributed by atoms with Gasteiger partial charge < -0.3 is 16.2 Å². The van der Waals surface area contributed by atoms with Crippen molar-refractivity contribution in [3.8, 4) is 0 Å². The predicted octanol–water partition coefficient (Wildman–Crippen LogP) is 1.52. The highest BCUT2D eigenvalue weighted by Crippen LogP contribution is 2.06. The summed E-state index contributed by atoms with van der Waals surface area (Å²) >= 11 is 0. The van der Waals surface area contributed by atoms with Crippen molar-refractivity contribution in [2.45, 2.75) is 12.5 Å². The maximum atomic E-state index is 11.8. The second kappa shape index (κ2) is 8.64. The molecule has 0 aliphatic heterocycles. The van der Waals surface area contributed by atoms with E-state index < -0.39 is 12.0 Å². The van der Waals surface area contributed by atoms with Gasteiger partial charge in [-0.3, -0.25) is 9.59 Å². The van der Waals surface area contributed by atoms with Crippen LogP contribution < -0.4 is 11.1 Å². The van der Waals surface area contributed by atoms with Crippen LogP contribution in [0.3, 0.4) is 0 Å². The Bertz CT molecular complexity index is 709. The van der Waals surface area contributed by atoms with Gasteiger partial charge >= 0.3 is 0 Å². The van der Waals surface area contributed by atoms with Gasteiger partial charge in [0, 0.05) is 24.6 Å². The number of rotatable bonds is 7. The number of aliphatic hydroxyl groups excluding tert-OH is 1. The van der Waals surface area contributed by atoms with E-state index in [1.54, 1.807) is 30.3 Å². The zero-order valence-corrected chi connectivity index (χ0v) is 13.2. The summed E-state index contributed by atoms with van der Waals surface area (Å²) in [6.07, 6.45) is 2.86. The third-order valence-corrected chi connectivity index (χ3v) is 3.45. The Hall–Kier alpha value is -2.92. The summed E-state index contributed by atoms with van der Waals surface area (Å²) in [4.78, 5) is 22.7. The third kappa shape index (κ3) is 5.70. The Kier molecular flexibility index (Phi) is 6.28. The molecule has 0 aliphatic carbocycles. The van der Waals surface area contributed by atoms with Gasteiger partial charge in [-0.05, 0) is 29.3 Å². The van der Waals surface area contributed by atoms with Gasteiger partial charge in [-0.15, -0.1) is 0 Å². The normalized spacial score (nSPS) is 12.0. The summed E-state index contributed by atoms with van der Waals surface area (Å²) < 4.78 is 0. The van der Waals surface area contributed by atoms with Crippen LogP contribution in [0.4, 0.5) is 0 Å². The van der Waals surface area contributed by atoms with E-state index in [0.29, 0.717) is 12.0 Å². The van der Waals surface area contributed by atoms with Gasteiger partial charge in [0.15, 0.2) is 0 Å². The average molecular weight is 324 g/mol. The lowest BCUT2D eigenvalue weighted by atomic mass is 10.1. The highest BCUT2D eigenvalue weighted by molar-refractivity contribution is 5.94.